The standard InChI is InChI=1S/C18H18N4O4/c1-25-14-8-4-12(5-9-14)19-16(23)11-21-18(24)22(13-6-7-13)17(20-21)15-3-2-10-26-15/h2-5,8-10,13H,6-7,11H2,1H3,(H,19,23). The van der Waals surface area contributed by atoms with Gasteiger partial charge in [0.25, 0.3) is 0 Å². The van der Waals surface area contributed by atoms with Crippen molar-refractivity contribution < 1.29 is 13.9 Å². The second-order valence-corrected chi connectivity index (χ2v) is 6.12. The Kier molecular flexibility index (Phi) is 4.08. The van der Waals surface area contributed by atoms with Crippen LogP contribution in [0.3, 0.4) is 0 Å². The molecule has 0 saturated heterocycles. The first-order valence-electron chi connectivity index (χ1n) is 8.33. The van der Waals surface area contributed by atoms with Gasteiger partial charge in [-0.15, -0.1) is 5.10 Å². The molecule has 1 N–H and O–H groups in total. The van der Waals surface area contributed by atoms with E-state index in [1.54, 1.807) is 48.1 Å². The van der Waals surface area contributed by atoms with Gasteiger partial charge in [-0.2, -0.15) is 0 Å². The number of carbonyl (C=O) groups excluding carboxylic acids is 1. The van der Waals surface area contributed by atoms with Crippen molar-refractivity contribution in [3.63, 3.8) is 0 Å². The minimum atomic E-state index is -0.330. The Morgan fingerprint density at radius 1 is 1.31 bits per heavy atom. The van der Waals surface area contributed by atoms with Crippen molar-refractivity contribution in [2.24, 2.45) is 0 Å². The summed E-state index contributed by atoms with van der Waals surface area (Å²) in [6, 6.07) is 10.6. The Morgan fingerprint density at radius 3 is 2.69 bits per heavy atom. The minimum absolute atomic E-state index is 0.126. The summed E-state index contributed by atoms with van der Waals surface area (Å²) in [5.74, 6) is 1.34. The van der Waals surface area contributed by atoms with Crippen LogP contribution >= 0.6 is 0 Å². The first-order chi connectivity index (χ1) is 12.7. The van der Waals surface area contributed by atoms with E-state index in [0.717, 1.165) is 12.8 Å². The van der Waals surface area contributed by atoms with E-state index in [9.17, 15) is 9.59 Å². The van der Waals surface area contributed by atoms with E-state index in [2.05, 4.69) is 10.4 Å². The quantitative estimate of drug-likeness (QED) is 0.733. The highest BCUT2D eigenvalue weighted by atomic mass is 16.5. The van der Waals surface area contributed by atoms with Gasteiger partial charge in [-0.1, -0.05) is 0 Å². The van der Waals surface area contributed by atoms with Crippen LogP contribution < -0.4 is 15.7 Å². The maximum absolute atomic E-state index is 12.7. The fourth-order valence-corrected chi connectivity index (χ4v) is 2.77. The molecule has 0 unspecified atom stereocenters. The van der Waals surface area contributed by atoms with Crippen LogP contribution in [0.4, 0.5) is 5.69 Å². The molecule has 1 saturated carbocycles. The first kappa shape index (κ1) is 16.2. The lowest BCUT2D eigenvalue weighted by Crippen LogP contribution is -2.30. The van der Waals surface area contributed by atoms with Crippen LogP contribution in [0.1, 0.15) is 18.9 Å². The molecule has 0 radical (unpaired) electrons. The number of rotatable bonds is 6. The van der Waals surface area contributed by atoms with Crippen LogP contribution in [-0.2, 0) is 11.3 Å². The number of amides is 1. The molecule has 3 aromatic rings. The number of nitrogens with zero attached hydrogens (tertiary/aromatic N) is 3. The number of methoxy groups -OCH3 is 1. The molecular weight excluding hydrogens is 336 g/mol. The second-order valence-electron chi connectivity index (χ2n) is 6.12. The van der Waals surface area contributed by atoms with Gasteiger partial charge in [0.1, 0.15) is 12.3 Å². The van der Waals surface area contributed by atoms with E-state index < -0.39 is 0 Å². The molecule has 0 aliphatic heterocycles. The van der Waals surface area contributed by atoms with Crippen LogP contribution in [0.15, 0.2) is 51.9 Å². The molecule has 0 bridgehead atoms. The first-order valence-corrected chi connectivity index (χ1v) is 8.33. The van der Waals surface area contributed by atoms with Gasteiger partial charge in [-0.05, 0) is 49.2 Å². The molecule has 1 aliphatic rings. The van der Waals surface area contributed by atoms with E-state index >= 15 is 0 Å². The highest BCUT2D eigenvalue weighted by Crippen LogP contribution is 2.36. The summed E-state index contributed by atoms with van der Waals surface area (Å²) in [5.41, 5.74) is 0.320. The summed E-state index contributed by atoms with van der Waals surface area (Å²) in [4.78, 5) is 25.0. The Bertz CT molecular complexity index is 966. The van der Waals surface area contributed by atoms with Crippen LogP contribution in [0.25, 0.3) is 11.6 Å². The van der Waals surface area contributed by atoms with Gasteiger partial charge in [-0.25, -0.2) is 9.48 Å². The molecule has 8 heteroatoms. The van der Waals surface area contributed by atoms with Crippen LogP contribution in [0.5, 0.6) is 5.75 Å². The van der Waals surface area contributed by atoms with Crippen LogP contribution in [0, 0.1) is 0 Å². The third-order valence-electron chi connectivity index (χ3n) is 4.19. The Morgan fingerprint density at radius 2 is 2.08 bits per heavy atom. The smallest absolute Gasteiger partial charge is 0.347 e. The van der Waals surface area contributed by atoms with Gasteiger partial charge in [0, 0.05) is 11.7 Å². The summed E-state index contributed by atoms with van der Waals surface area (Å²) in [6.45, 7) is -0.168. The predicted molar refractivity (Wildman–Crippen MR) is 94.1 cm³/mol. The second kappa shape index (κ2) is 6.55. The highest BCUT2D eigenvalue weighted by molar-refractivity contribution is 5.90. The van der Waals surface area contributed by atoms with Gasteiger partial charge in [-0.3, -0.25) is 9.36 Å². The van der Waals surface area contributed by atoms with Gasteiger partial charge in [0.05, 0.1) is 13.4 Å². The molecule has 1 fully saturated rings. The molecule has 0 spiro atoms. The topological polar surface area (TPSA) is 91.3 Å². The Hall–Kier alpha value is -3.29. The normalized spacial score (nSPS) is 13.6. The Labute approximate surface area is 149 Å². The molecule has 4 rings (SSSR count). The number of ether oxygens (including phenoxy) is 1. The average molecular weight is 354 g/mol. The van der Waals surface area contributed by atoms with Gasteiger partial charge in [0.15, 0.2) is 5.76 Å². The molecule has 1 aromatic carbocycles. The number of anilines is 1. The minimum Gasteiger partial charge on any atom is -0.497 e. The monoisotopic (exact) mass is 354 g/mol. The highest BCUT2D eigenvalue weighted by Gasteiger charge is 2.31. The van der Waals surface area contributed by atoms with Gasteiger partial charge in [0.2, 0.25) is 11.7 Å². The number of nitrogens with one attached hydrogen (secondary N) is 1. The number of benzene rings is 1. The third-order valence-corrected chi connectivity index (χ3v) is 4.19. The zero-order chi connectivity index (χ0) is 18.1. The molecule has 2 heterocycles. The van der Waals surface area contributed by atoms with Gasteiger partial charge >= 0.3 is 5.69 Å². The molecule has 1 aliphatic carbocycles. The third kappa shape index (κ3) is 3.13. The molecule has 26 heavy (non-hydrogen) atoms. The number of furan rings is 1. The van der Waals surface area contributed by atoms with Crippen molar-refractivity contribution in [3.05, 3.63) is 53.1 Å². The largest absolute Gasteiger partial charge is 0.497 e. The van der Waals surface area contributed by atoms with E-state index in [1.807, 2.05) is 0 Å². The SMILES string of the molecule is COc1ccc(NC(=O)Cn2nc(-c3ccco3)n(C3CC3)c2=O)cc1. The van der Waals surface area contributed by atoms with Crippen LogP contribution in [0.2, 0.25) is 0 Å². The zero-order valence-electron chi connectivity index (χ0n) is 14.2. The Balaban J connectivity index is 1.55. The van der Waals surface area contributed by atoms with Crippen molar-refractivity contribution in [2.75, 3.05) is 12.4 Å². The molecule has 2 aromatic heterocycles. The van der Waals surface area contributed by atoms with Gasteiger partial charge < -0.3 is 14.5 Å². The lowest BCUT2D eigenvalue weighted by atomic mass is 10.3. The number of carbonyl (C=O) groups is 1. The van der Waals surface area contributed by atoms with Crippen molar-refractivity contribution in [2.45, 2.75) is 25.4 Å². The molecule has 0 atom stereocenters. The van der Waals surface area contributed by atoms with Crippen molar-refractivity contribution in [1.82, 2.24) is 14.3 Å². The summed E-state index contributed by atoms with van der Waals surface area (Å²) >= 11 is 0. The van der Waals surface area contributed by atoms with E-state index in [-0.39, 0.29) is 24.2 Å². The van der Waals surface area contributed by atoms with Crippen molar-refractivity contribution in [1.29, 1.82) is 0 Å². The molecule has 134 valence electrons. The maximum Gasteiger partial charge on any atom is 0.347 e. The summed E-state index contributed by atoms with van der Waals surface area (Å²) < 4.78 is 13.3. The number of hydrogen-bond acceptors (Lipinski definition) is 5. The maximum atomic E-state index is 12.7. The van der Waals surface area contributed by atoms with Crippen molar-refractivity contribution in [3.8, 4) is 17.3 Å². The number of hydrogen-bond donors (Lipinski definition) is 1. The lowest BCUT2D eigenvalue weighted by Gasteiger charge is -2.05. The predicted octanol–water partition coefficient (Wildman–Crippen LogP) is 2.29. The van der Waals surface area contributed by atoms with E-state index in [4.69, 9.17) is 9.15 Å². The molecule has 8 nitrogen and oxygen atoms in total. The molecular formula is C18H18N4O4. The summed E-state index contributed by atoms with van der Waals surface area (Å²) in [6.07, 6.45) is 3.39. The fourth-order valence-electron chi connectivity index (χ4n) is 2.77. The summed E-state index contributed by atoms with van der Waals surface area (Å²) in [7, 11) is 1.58. The summed E-state index contributed by atoms with van der Waals surface area (Å²) in [5, 5.41) is 7.07. The van der Waals surface area contributed by atoms with Crippen molar-refractivity contribution >= 4 is 11.6 Å². The zero-order valence-corrected chi connectivity index (χ0v) is 14.2. The average Bonchev–Trinajstić information content (AvgIpc) is 3.22. The lowest BCUT2D eigenvalue weighted by molar-refractivity contribution is -0.117. The number of aromatic nitrogens is 3. The van der Waals surface area contributed by atoms with Crippen LogP contribution in [-0.4, -0.2) is 27.4 Å². The molecule has 1 amide bonds. The van der Waals surface area contributed by atoms with E-state index in [0.29, 0.717) is 23.0 Å². The fraction of sp³-hybridized carbons (Fsp3) is 0.278. The van der Waals surface area contributed by atoms with E-state index in [1.165, 1.54) is 10.9 Å².